The summed E-state index contributed by atoms with van der Waals surface area (Å²) in [5.41, 5.74) is 7.25. The first kappa shape index (κ1) is 17.7. The van der Waals surface area contributed by atoms with Gasteiger partial charge < -0.3 is 11.1 Å². The van der Waals surface area contributed by atoms with Crippen molar-refractivity contribution in [2.24, 2.45) is 17.1 Å². The van der Waals surface area contributed by atoms with Crippen molar-refractivity contribution in [1.82, 2.24) is 5.32 Å². The van der Waals surface area contributed by atoms with Gasteiger partial charge in [-0.05, 0) is 29.7 Å². The Morgan fingerprint density at radius 2 is 1.86 bits per heavy atom. The van der Waals surface area contributed by atoms with Crippen molar-refractivity contribution in [1.29, 1.82) is 0 Å². The van der Waals surface area contributed by atoms with Crippen molar-refractivity contribution in [2.75, 3.05) is 6.54 Å². The van der Waals surface area contributed by atoms with Gasteiger partial charge in [-0.3, -0.25) is 4.79 Å². The Balaban J connectivity index is 2.44. The van der Waals surface area contributed by atoms with Crippen molar-refractivity contribution in [2.45, 2.75) is 53.0 Å². The van der Waals surface area contributed by atoms with Crippen LogP contribution in [0.2, 0.25) is 0 Å². The number of hydrogen-bond donors (Lipinski definition) is 2. The number of nitrogens with two attached hydrogens (primary N) is 1. The third-order valence-electron chi connectivity index (χ3n) is 3.47. The van der Waals surface area contributed by atoms with Gasteiger partial charge in [-0.15, -0.1) is 0 Å². The lowest BCUT2D eigenvalue weighted by molar-refractivity contribution is -0.122. The third-order valence-corrected chi connectivity index (χ3v) is 3.47. The predicted octanol–water partition coefficient (Wildman–Crippen LogP) is 3.14. The van der Waals surface area contributed by atoms with E-state index < -0.39 is 0 Å². The van der Waals surface area contributed by atoms with E-state index in [-0.39, 0.29) is 17.4 Å². The van der Waals surface area contributed by atoms with Crippen LogP contribution in [-0.2, 0) is 11.2 Å². The zero-order valence-corrected chi connectivity index (χ0v) is 13.9. The van der Waals surface area contributed by atoms with Crippen LogP contribution in [0.5, 0.6) is 0 Å². The number of carbonyl (C=O) groups excluding carboxylic acids is 1. The Bertz CT molecular complexity index is 423. The second-order valence-electron chi connectivity index (χ2n) is 7.26. The molecule has 0 fully saturated rings. The fourth-order valence-electron chi connectivity index (χ4n) is 2.81. The molecule has 1 rings (SSSR count). The molecule has 0 aliphatic carbocycles. The number of carbonyl (C=O) groups is 1. The van der Waals surface area contributed by atoms with E-state index in [2.05, 4.69) is 45.1 Å². The standard InChI is InChI=1S/C18H30N2O/c1-14(12-18(2,3)4)10-17(21)20-16(13-19)11-15-8-6-5-7-9-15/h5-9,14,16H,10-13,19H2,1-4H3,(H,20,21). The molecule has 1 aromatic carbocycles. The molecule has 3 N–H and O–H groups in total. The fourth-order valence-corrected chi connectivity index (χ4v) is 2.81. The summed E-state index contributed by atoms with van der Waals surface area (Å²) >= 11 is 0. The van der Waals surface area contributed by atoms with Gasteiger partial charge in [0.1, 0.15) is 0 Å². The highest BCUT2D eigenvalue weighted by Crippen LogP contribution is 2.25. The monoisotopic (exact) mass is 290 g/mol. The molecule has 0 radical (unpaired) electrons. The highest BCUT2D eigenvalue weighted by molar-refractivity contribution is 5.76. The van der Waals surface area contributed by atoms with Crippen LogP contribution in [0.15, 0.2) is 30.3 Å². The summed E-state index contributed by atoms with van der Waals surface area (Å²) < 4.78 is 0. The van der Waals surface area contributed by atoms with Gasteiger partial charge in [0.05, 0.1) is 0 Å². The van der Waals surface area contributed by atoms with Crippen molar-refractivity contribution < 1.29 is 4.79 Å². The number of benzene rings is 1. The van der Waals surface area contributed by atoms with Gasteiger partial charge in [0.15, 0.2) is 0 Å². The maximum absolute atomic E-state index is 12.1. The van der Waals surface area contributed by atoms with Gasteiger partial charge >= 0.3 is 0 Å². The smallest absolute Gasteiger partial charge is 0.220 e. The van der Waals surface area contributed by atoms with Crippen LogP contribution in [0.4, 0.5) is 0 Å². The lowest BCUT2D eigenvalue weighted by Gasteiger charge is -2.24. The molecule has 0 heterocycles. The lowest BCUT2D eigenvalue weighted by atomic mass is 9.84. The summed E-state index contributed by atoms with van der Waals surface area (Å²) in [4.78, 5) is 12.1. The van der Waals surface area contributed by atoms with Gasteiger partial charge in [0.2, 0.25) is 5.91 Å². The van der Waals surface area contributed by atoms with E-state index in [1.54, 1.807) is 0 Å². The molecule has 1 amide bonds. The Hall–Kier alpha value is -1.35. The van der Waals surface area contributed by atoms with E-state index in [0.29, 0.717) is 18.9 Å². The van der Waals surface area contributed by atoms with Crippen LogP contribution in [-0.4, -0.2) is 18.5 Å². The molecule has 0 saturated heterocycles. The van der Waals surface area contributed by atoms with Crippen LogP contribution < -0.4 is 11.1 Å². The molecule has 0 bridgehead atoms. The lowest BCUT2D eigenvalue weighted by Crippen LogP contribution is -2.42. The van der Waals surface area contributed by atoms with Crippen LogP contribution in [0.25, 0.3) is 0 Å². The summed E-state index contributed by atoms with van der Waals surface area (Å²) in [5, 5.41) is 3.07. The summed E-state index contributed by atoms with van der Waals surface area (Å²) in [6.45, 7) is 9.23. The van der Waals surface area contributed by atoms with Crippen molar-refractivity contribution in [3.8, 4) is 0 Å². The van der Waals surface area contributed by atoms with Crippen molar-refractivity contribution in [3.63, 3.8) is 0 Å². The molecule has 2 atom stereocenters. The van der Waals surface area contributed by atoms with Gasteiger partial charge in [0.25, 0.3) is 0 Å². The molecule has 0 saturated carbocycles. The maximum atomic E-state index is 12.1. The summed E-state index contributed by atoms with van der Waals surface area (Å²) in [6.07, 6.45) is 2.41. The Morgan fingerprint density at radius 1 is 1.24 bits per heavy atom. The average molecular weight is 290 g/mol. The van der Waals surface area contributed by atoms with E-state index in [1.807, 2.05) is 18.2 Å². The largest absolute Gasteiger partial charge is 0.352 e. The average Bonchev–Trinajstić information content (AvgIpc) is 2.36. The normalized spacial score (nSPS) is 14.5. The zero-order valence-electron chi connectivity index (χ0n) is 13.9. The van der Waals surface area contributed by atoms with E-state index in [1.165, 1.54) is 5.56 Å². The molecule has 0 aromatic heterocycles. The number of nitrogens with one attached hydrogen (secondary N) is 1. The first-order valence-corrected chi connectivity index (χ1v) is 7.83. The number of hydrogen-bond acceptors (Lipinski definition) is 2. The zero-order chi connectivity index (χ0) is 15.9. The molecule has 1 aromatic rings. The van der Waals surface area contributed by atoms with Crippen molar-refractivity contribution in [3.05, 3.63) is 35.9 Å². The molecule has 0 aliphatic heterocycles. The van der Waals surface area contributed by atoms with E-state index in [4.69, 9.17) is 5.73 Å². The second-order valence-corrected chi connectivity index (χ2v) is 7.26. The molecule has 3 nitrogen and oxygen atoms in total. The number of rotatable bonds is 7. The second kappa shape index (κ2) is 8.18. The van der Waals surface area contributed by atoms with Gasteiger partial charge in [-0.1, -0.05) is 58.0 Å². The first-order valence-electron chi connectivity index (χ1n) is 7.83. The maximum Gasteiger partial charge on any atom is 0.220 e. The van der Waals surface area contributed by atoms with Crippen LogP contribution >= 0.6 is 0 Å². The molecule has 0 aliphatic rings. The van der Waals surface area contributed by atoms with Crippen LogP contribution in [0.1, 0.15) is 46.1 Å². The summed E-state index contributed by atoms with van der Waals surface area (Å²) in [5.74, 6) is 0.498. The first-order chi connectivity index (χ1) is 9.80. The van der Waals surface area contributed by atoms with Crippen molar-refractivity contribution >= 4 is 5.91 Å². The molecular weight excluding hydrogens is 260 g/mol. The summed E-state index contributed by atoms with van der Waals surface area (Å²) in [7, 11) is 0. The fraction of sp³-hybridized carbons (Fsp3) is 0.611. The molecule has 118 valence electrons. The van der Waals surface area contributed by atoms with E-state index in [0.717, 1.165) is 12.8 Å². The molecule has 0 spiro atoms. The Labute approximate surface area is 129 Å². The Kier molecular flexibility index (Phi) is 6.90. The topological polar surface area (TPSA) is 55.1 Å². The minimum atomic E-state index is 0.0155. The Morgan fingerprint density at radius 3 is 2.38 bits per heavy atom. The molecule has 2 unspecified atom stereocenters. The van der Waals surface area contributed by atoms with Gasteiger partial charge in [-0.25, -0.2) is 0 Å². The van der Waals surface area contributed by atoms with E-state index >= 15 is 0 Å². The SMILES string of the molecule is CC(CC(=O)NC(CN)Cc1ccccc1)CC(C)(C)C. The third kappa shape index (κ3) is 7.86. The van der Waals surface area contributed by atoms with E-state index in [9.17, 15) is 4.79 Å². The summed E-state index contributed by atoms with van der Waals surface area (Å²) in [6, 6.07) is 10.2. The van der Waals surface area contributed by atoms with Crippen LogP contribution in [0, 0.1) is 11.3 Å². The molecular formula is C18H30N2O. The highest BCUT2D eigenvalue weighted by atomic mass is 16.1. The van der Waals surface area contributed by atoms with Crippen LogP contribution in [0.3, 0.4) is 0 Å². The highest BCUT2D eigenvalue weighted by Gasteiger charge is 2.19. The predicted molar refractivity (Wildman–Crippen MR) is 89.0 cm³/mol. The van der Waals surface area contributed by atoms with Gasteiger partial charge in [0, 0.05) is 19.0 Å². The minimum Gasteiger partial charge on any atom is -0.352 e. The quantitative estimate of drug-likeness (QED) is 0.810. The van der Waals surface area contributed by atoms with Gasteiger partial charge in [-0.2, -0.15) is 0 Å². The number of amides is 1. The molecule has 3 heteroatoms. The minimum absolute atomic E-state index is 0.0155. The molecule has 21 heavy (non-hydrogen) atoms.